The van der Waals surface area contributed by atoms with Crippen molar-refractivity contribution in [2.45, 2.75) is 31.0 Å². The van der Waals surface area contributed by atoms with Gasteiger partial charge in [0.1, 0.15) is 10.7 Å². The van der Waals surface area contributed by atoms with Gasteiger partial charge in [-0.25, -0.2) is 21.9 Å². The van der Waals surface area contributed by atoms with Gasteiger partial charge >= 0.3 is 0 Å². The number of hydrogen-bond donors (Lipinski definition) is 2. The molecule has 0 aliphatic heterocycles. The van der Waals surface area contributed by atoms with Crippen molar-refractivity contribution in [3.05, 3.63) is 29.3 Å². The van der Waals surface area contributed by atoms with Crippen LogP contribution in [0.2, 0.25) is 0 Å². The molecule has 0 aliphatic carbocycles. The molecule has 1 aromatic carbocycles. The number of ether oxygens (including phenoxy) is 1. The average molecular weight is 309 g/mol. The van der Waals surface area contributed by atoms with Gasteiger partial charge in [-0.05, 0) is 26.0 Å². The van der Waals surface area contributed by atoms with Gasteiger partial charge in [-0.2, -0.15) is 0 Å². The summed E-state index contributed by atoms with van der Waals surface area (Å²) in [7, 11) is -2.75. The molecule has 0 spiro atoms. The molecule has 1 aromatic rings. The summed E-state index contributed by atoms with van der Waals surface area (Å²) in [6, 6.07) is 1.61. The second-order valence-corrected chi connectivity index (χ2v) is 6.52. The third-order valence-corrected chi connectivity index (χ3v) is 4.26. The molecule has 20 heavy (non-hydrogen) atoms. The summed E-state index contributed by atoms with van der Waals surface area (Å²) >= 11 is 0. The van der Waals surface area contributed by atoms with Crippen molar-refractivity contribution in [3.63, 3.8) is 0 Å². The number of hydrogen-bond acceptors (Lipinski definition) is 4. The SMILES string of the molecule is COC(C)(C)CNS(=O)(=O)c1ccc(F)c(CO)c1F. The third kappa shape index (κ3) is 3.72. The van der Waals surface area contributed by atoms with E-state index in [1.165, 1.54) is 7.11 Å². The second-order valence-electron chi connectivity index (χ2n) is 4.78. The molecule has 0 aliphatic rings. The summed E-state index contributed by atoms with van der Waals surface area (Å²) in [5.41, 5.74) is -1.46. The van der Waals surface area contributed by atoms with Crippen LogP contribution >= 0.6 is 0 Å². The molecule has 0 amide bonds. The Morgan fingerprint density at radius 1 is 1.35 bits per heavy atom. The van der Waals surface area contributed by atoms with Gasteiger partial charge in [0.05, 0.1) is 17.8 Å². The van der Waals surface area contributed by atoms with E-state index in [1.807, 2.05) is 0 Å². The maximum atomic E-state index is 13.9. The molecule has 0 aromatic heterocycles. The van der Waals surface area contributed by atoms with E-state index < -0.39 is 44.3 Å². The first kappa shape index (κ1) is 17.0. The fraction of sp³-hybridized carbons (Fsp3) is 0.500. The summed E-state index contributed by atoms with van der Waals surface area (Å²) in [5.74, 6) is -2.30. The highest BCUT2D eigenvalue weighted by Crippen LogP contribution is 2.21. The Labute approximate surface area is 116 Å². The number of halogens is 2. The summed E-state index contributed by atoms with van der Waals surface area (Å²) < 4.78 is 58.3. The number of methoxy groups -OCH3 is 1. The molecule has 2 N–H and O–H groups in total. The molecule has 0 unspecified atom stereocenters. The van der Waals surface area contributed by atoms with Crippen molar-refractivity contribution in [2.24, 2.45) is 0 Å². The fourth-order valence-electron chi connectivity index (χ4n) is 1.35. The van der Waals surface area contributed by atoms with Crippen LogP contribution in [0.4, 0.5) is 8.78 Å². The standard InChI is InChI=1S/C12H17F2NO4S/c1-12(2,19-3)7-15-20(17,18)10-5-4-9(13)8(6-16)11(10)14/h4-5,15-16H,6-7H2,1-3H3. The van der Waals surface area contributed by atoms with Crippen molar-refractivity contribution in [1.29, 1.82) is 0 Å². The lowest BCUT2D eigenvalue weighted by Gasteiger charge is -2.23. The van der Waals surface area contributed by atoms with Crippen LogP contribution in [0, 0.1) is 11.6 Å². The molecule has 0 fully saturated rings. The largest absolute Gasteiger partial charge is 0.391 e. The highest BCUT2D eigenvalue weighted by molar-refractivity contribution is 7.89. The number of sulfonamides is 1. The van der Waals surface area contributed by atoms with E-state index in [0.717, 1.165) is 12.1 Å². The molecule has 0 bridgehead atoms. The average Bonchev–Trinajstić information content (AvgIpc) is 2.37. The predicted octanol–water partition coefficient (Wildman–Crippen LogP) is 1.16. The minimum absolute atomic E-state index is 0.0862. The van der Waals surface area contributed by atoms with Crippen LogP contribution in [0.25, 0.3) is 0 Å². The number of benzene rings is 1. The van der Waals surface area contributed by atoms with E-state index in [1.54, 1.807) is 13.8 Å². The molecule has 5 nitrogen and oxygen atoms in total. The molecule has 1 rings (SSSR count). The van der Waals surface area contributed by atoms with E-state index in [4.69, 9.17) is 9.84 Å². The Hall–Kier alpha value is -1.09. The minimum Gasteiger partial charge on any atom is -0.391 e. The van der Waals surface area contributed by atoms with E-state index >= 15 is 0 Å². The van der Waals surface area contributed by atoms with Gasteiger partial charge in [-0.15, -0.1) is 0 Å². The van der Waals surface area contributed by atoms with Crippen LogP contribution in [0.15, 0.2) is 17.0 Å². The highest BCUT2D eigenvalue weighted by atomic mass is 32.2. The van der Waals surface area contributed by atoms with Crippen LogP contribution in [0.1, 0.15) is 19.4 Å². The Morgan fingerprint density at radius 3 is 2.45 bits per heavy atom. The maximum absolute atomic E-state index is 13.9. The van der Waals surface area contributed by atoms with Crippen molar-refractivity contribution in [2.75, 3.05) is 13.7 Å². The van der Waals surface area contributed by atoms with Gasteiger partial charge in [-0.1, -0.05) is 0 Å². The zero-order valence-electron chi connectivity index (χ0n) is 11.4. The lowest BCUT2D eigenvalue weighted by molar-refractivity contribution is 0.0276. The minimum atomic E-state index is -4.17. The smallest absolute Gasteiger partial charge is 0.243 e. The lowest BCUT2D eigenvalue weighted by atomic mass is 10.1. The van der Waals surface area contributed by atoms with E-state index in [2.05, 4.69) is 4.72 Å². The fourth-order valence-corrected chi connectivity index (χ4v) is 2.65. The molecule has 0 saturated heterocycles. The quantitative estimate of drug-likeness (QED) is 0.827. The molecular weight excluding hydrogens is 292 g/mol. The first-order valence-electron chi connectivity index (χ1n) is 5.77. The summed E-state index contributed by atoms with van der Waals surface area (Å²) in [6.07, 6.45) is 0. The monoisotopic (exact) mass is 309 g/mol. The second kappa shape index (κ2) is 6.13. The zero-order chi connectivity index (χ0) is 15.6. The summed E-state index contributed by atoms with van der Waals surface area (Å²) in [4.78, 5) is -0.713. The van der Waals surface area contributed by atoms with Crippen molar-refractivity contribution in [3.8, 4) is 0 Å². The Balaban J connectivity index is 3.11. The van der Waals surface area contributed by atoms with Crippen molar-refractivity contribution >= 4 is 10.0 Å². The normalized spacial score (nSPS) is 12.7. The van der Waals surface area contributed by atoms with Crippen molar-refractivity contribution in [1.82, 2.24) is 4.72 Å². The van der Waals surface area contributed by atoms with Gasteiger partial charge in [0.2, 0.25) is 10.0 Å². The molecule has 0 radical (unpaired) electrons. The molecule has 0 heterocycles. The zero-order valence-corrected chi connectivity index (χ0v) is 12.2. The number of aliphatic hydroxyl groups is 1. The van der Waals surface area contributed by atoms with Gasteiger partial charge in [-0.3, -0.25) is 0 Å². The summed E-state index contributed by atoms with van der Waals surface area (Å²) in [5, 5.41) is 8.87. The topological polar surface area (TPSA) is 75.6 Å². The molecule has 0 atom stereocenters. The number of aliphatic hydroxyl groups excluding tert-OH is 1. The lowest BCUT2D eigenvalue weighted by Crippen LogP contribution is -2.40. The van der Waals surface area contributed by atoms with Crippen LogP contribution in [0.5, 0.6) is 0 Å². The molecular formula is C12H17F2NO4S. The Kier molecular flexibility index (Phi) is 5.20. The van der Waals surface area contributed by atoms with E-state index in [9.17, 15) is 17.2 Å². The van der Waals surface area contributed by atoms with Crippen LogP contribution in [-0.4, -0.2) is 32.8 Å². The highest BCUT2D eigenvalue weighted by Gasteiger charge is 2.26. The molecule has 8 heteroatoms. The molecule has 114 valence electrons. The summed E-state index contributed by atoms with van der Waals surface area (Å²) in [6.45, 7) is 2.28. The third-order valence-electron chi connectivity index (χ3n) is 2.84. The Bertz CT molecular complexity index is 587. The van der Waals surface area contributed by atoms with Crippen molar-refractivity contribution < 1.29 is 27.0 Å². The first-order chi connectivity index (χ1) is 9.14. The van der Waals surface area contributed by atoms with Crippen LogP contribution in [-0.2, 0) is 21.4 Å². The van der Waals surface area contributed by atoms with Gasteiger partial charge in [0.25, 0.3) is 0 Å². The van der Waals surface area contributed by atoms with Gasteiger partial charge in [0, 0.05) is 13.7 Å². The maximum Gasteiger partial charge on any atom is 0.243 e. The first-order valence-corrected chi connectivity index (χ1v) is 7.25. The van der Waals surface area contributed by atoms with Crippen LogP contribution in [0.3, 0.4) is 0 Å². The number of nitrogens with one attached hydrogen (secondary N) is 1. The molecule has 0 saturated carbocycles. The van der Waals surface area contributed by atoms with Crippen LogP contribution < -0.4 is 4.72 Å². The van der Waals surface area contributed by atoms with E-state index in [0.29, 0.717) is 0 Å². The predicted molar refractivity (Wildman–Crippen MR) is 68.6 cm³/mol. The van der Waals surface area contributed by atoms with E-state index in [-0.39, 0.29) is 6.54 Å². The number of rotatable bonds is 6. The Morgan fingerprint density at radius 2 is 1.95 bits per heavy atom. The van der Waals surface area contributed by atoms with Gasteiger partial charge < -0.3 is 9.84 Å². The van der Waals surface area contributed by atoms with Gasteiger partial charge in [0.15, 0.2) is 5.82 Å².